The van der Waals surface area contributed by atoms with E-state index in [1.807, 2.05) is 55.5 Å². The number of nitrogens with zero attached hydrogens (tertiary/aromatic N) is 2. The van der Waals surface area contributed by atoms with Crippen molar-refractivity contribution in [3.63, 3.8) is 0 Å². The predicted octanol–water partition coefficient (Wildman–Crippen LogP) is 3.62. The lowest BCUT2D eigenvalue weighted by molar-refractivity contribution is -0.129. The van der Waals surface area contributed by atoms with E-state index in [1.54, 1.807) is 31.0 Å². The number of para-hydroxylation sites is 2. The first kappa shape index (κ1) is 21.1. The number of rotatable bonds is 8. The van der Waals surface area contributed by atoms with Gasteiger partial charge in [0.2, 0.25) is 0 Å². The molecule has 0 aliphatic rings. The summed E-state index contributed by atoms with van der Waals surface area (Å²) in [5.41, 5.74) is 2.12. The molecule has 2 aromatic carbocycles. The van der Waals surface area contributed by atoms with Gasteiger partial charge in [-0.3, -0.25) is 4.79 Å². The molecule has 1 aromatic heterocycles. The van der Waals surface area contributed by atoms with Crippen LogP contribution in [-0.2, 0) is 9.53 Å². The molecule has 3 aromatic rings. The highest BCUT2D eigenvalue weighted by molar-refractivity contribution is 5.98. The minimum absolute atomic E-state index is 0.249. The van der Waals surface area contributed by atoms with Crippen LogP contribution in [0.15, 0.2) is 60.8 Å². The van der Waals surface area contributed by atoms with E-state index < -0.39 is 12.1 Å². The molecule has 0 bridgehead atoms. The number of methoxy groups -OCH3 is 1. The minimum atomic E-state index is -0.922. The van der Waals surface area contributed by atoms with Crippen LogP contribution in [0.3, 0.4) is 0 Å². The zero-order valence-corrected chi connectivity index (χ0v) is 17.3. The molecule has 1 atom stereocenters. The maximum absolute atomic E-state index is 13.0. The Labute approximate surface area is 175 Å². The molecule has 0 radical (unpaired) electrons. The maximum Gasteiger partial charge on any atom is 0.342 e. The fraction of sp³-hybridized carbons (Fsp3) is 0.261. The molecule has 0 aliphatic carbocycles. The number of carbonyl (C=O) groups excluding carboxylic acids is 2. The van der Waals surface area contributed by atoms with E-state index in [9.17, 15) is 9.59 Å². The molecule has 1 heterocycles. The Kier molecular flexibility index (Phi) is 6.85. The van der Waals surface area contributed by atoms with Crippen molar-refractivity contribution >= 4 is 11.9 Å². The summed E-state index contributed by atoms with van der Waals surface area (Å²) in [7, 11) is 1.56. The first-order valence-electron chi connectivity index (χ1n) is 9.82. The number of benzene rings is 2. The van der Waals surface area contributed by atoms with Crippen LogP contribution in [-0.4, -0.2) is 41.4 Å². The van der Waals surface area contributed by atoms with Crippen LogP contribution in [0.2, 0.25) is 0 Å². The zero-order chi connectivity index (χ0) is 21.5. The molecule has 0 aliphatic heterocycles. The number of nitrogens with one attached hydrogen (secondary N) is 1. The number of hydrogen-bond acceptors (Lipinski definition) is 5. The third kappa shape index (κ3) is 4.68. The van der Waals surface area contributed by atoms with Gasteiger partial charge in [0.1, 0.15) is 17.0 Å². The Morgan fingerprint density at radius 2 is 1.80 bits per heavy atom. The number of amides is 1. The van der Waals surface area contributed by atoms with E-state index in [0.29, 0.717) is 23.6 Å². The first-order valence-corrected chi connectivity index (χ1v) is 9.82. The number of aromatic nitrogens is 2. The van der Waals surface area contributed by atoms with Gasteiger partial charge in [-0.1, -0.05) is 37.3 Å². The highest BCUT2D eigenvalue weighted by Gasteiger charge is 2.25. The number of carbonyl (C=O) groups is 2. The Hall–Kier alpha value is -3.61. The number of hydrogen-bond donors (Lipinski definition) is 1. The SMILES string of the molecule is CCCNC(=O)C(C)OC(=O)c1cn(-c2ccccc2)nc1-c1ccccc1OC. The van der Waals surface area contributed by atoms with Gasteiger partial charge < -0.3 is 14.8 Å². The van der Waals surface area contributed by atoms with Crippen molar-refractivity contribution in [2.75, 3.05) is 13.7 Å². The summed E-state index contributed by atoms with van der Waals surface area (Å²) in [6.45, 7) is 4.03. The van der Waals surface area contributed by atoms with Crippen LogP contribution >= 0.6 is 0 Å². The second-order valence-corrected chi connectivity index (χ2v) is 6.71. The maximum atomic E-state index is 13.0. The lowest BCUT2D eigenvalue weighted by Crippen LogP contribution is -2.36. The van der Waals surface area contributed by atoms with Gasteiger partial charge in [0.15, 0.2) is 6.10 Å². The van der Waals surface area contributed by atoms with Crippen molar-refractivity contribution in [3.05, 3.63) is 66.4 Å². The van der Waals surface area contributed by atoms with Crippen LogP contribution in [0.4, 0.5) is 0 Å². The molecule has 0 saturated heterocycles. The van der Waals surface area contributed by atoms with Gasteiger partial charge in [-0.05, 0) is 37.6 Å². The fourth-order valence-electron chi connectivity index (χ4n) is 2.94. The van der Waals surface area contributed by atoms with Gasteiger partial charge in [-0.2, -0.15) is 5.10 Å². The van der Waals surface area contributed by atoms with Crippen LogP contribution in [0, 0.1) is 0 Å². The van der Waals surface area contributed by atoms with Crippen LogP contribution in [0.1, 0.15) is 30.6 Å². The van der Waals surface area contributed by atoms with E-state index in [0.717, 1.165) is 12.1 Å². The van der Waals surface area contributed by atoms with E-state index in [-0.39, 0.29) is 11.5 Å². The van der Waals surface area contributed by atoms with E-state index in [2.05, 4.69) is 10.4 Å². The molecule has 7 nitrogen and oxygen atoms in total. The van der Waals surface area contributed by atoms with Crippen molar-refractivity contribution in [3.8, 4) is 22.7 Å². The Morgan fingerprint density at radius 1 is 1.10 bits per heavy atom. The summed E-state index contributed by atoms with van der Waals surface area (Å²) in [5.74, 6) is -0.379. The summed E-state index contributed by atoms with van der Waals surface area (Å²) in [4.78, 5) is 25.1. The molecule has 1 N–H and O–H groups in total. The van der Waals surface area contributed by atoms with Gasteiger partial charge >= 0.3 is 5.97 Å². The molecule has 30 heavy (non-hydrogen) atoms. The average molecular weight is 407 g/mol. The zero-order valence-electron chi connectivity index (χ0n) is 17.3. The molecule has 0 fully saturated rings. The van der Waals surface area contributed by atoms with Gasteiger partial charge in [-0.25, -0.2) is 9.48 Å². The number of ether oxygens (including phenoxy) is 2. The average Bonchev–Trinajstić information content (AvgIpc) is 3.23. The van der Waals surface area contributed by atoms with Crippen LogP contribution < -0.4 is 10.1 Å². The lowest BCUT2D eigenvalue weighted by atomic mass is 10.1. The molecule has 0 saturated carbocycles. The Balaban J connectivity index is 1.98. The van der Waals surface area contributed by atoms with Gasteiger partial charge in [-0.15, -0.1) is 0 Å². The summed E-state index contributed by atoms with van der Waals surface area (Å²) >= 11 is 0. The third-order valence-electron chi connectivity index (χ3n) is 4.52. The van der Waals surface area contributed by atoms with Gasteiger partial charge in [0.25, 0.3) is 5.91 Å². The minimum Gasteiger partial charge on any atom is -0.496 e. The summed E-state index contributed by atoms with van der Waals surface area (Å²) in [5, 5.41) is 7.34. The van der Waals surface area contributed by atoms with Crippen molar-refractivity contribution in [2.45, 2.75) is 26.4 Å². The van der Waals surface area contributed by atoms with Crippen molar-refractivity contribution in [2.24, 2.45) is 0 Å². The second kappa shape index (κ2) is 9.73. The highest BCUT2D eigenvalue weighted by atomic mass is 16.5. The van der Waals surface area contributed by atoms with Crippen molar-refractivity contribution in [1.29, 1.82) is 0 Å². The normalized spacial score (nSPS) is 11.6. The van der Waals surface area contributed by atoms with Crippen molar-refractivity contribution in [1.82, 2.24) is 15.1 Å². The molecule has 156 valence electrons. The quantitative estimate of drug-likeness (QED) is 0.577. The Morgan fingerprint density at radius 3 is 2.50 bits per heavy atom. The molecule has 3 rings (SSSR count). The summed E-state index contributed by atoms with van der Waals surface area (Å²) in [6.07, 6.45) is 1.49. The van der Waals surface area contributed by atoms with Crippen LogP contribution in [0.5, 0.6) is 5.75 Å². The van der Waals surface area contributed by atoms with E-state index in [1.165, 1.54) is 0 Å². The van der Waals surface area contributed by atoms with E-state index in [4.69, 9.17) is 9.47 Å². The summed E-state index contributed by atoms with van der Waals surface area (Å²) < 4.78 is 12.5. The lowest BCUT2D eigenvalue weighted by Gasteiger charge is -2.13. The largest absolute Gasteiger partial charge is 0.496 e. The van der Waals surface area contributed by atoms with Gasteiger partial charge in [0, 0.05) is 18.3 Å². The summed E-state index contributed by atoms with van der Waals surface area (Å²) in [6, 6.07) is 16.8. The molecular weight excluding hydrogens is 382 g/mol. The van der Waals surface area contributed by atoms with Crippen molar-refractivity contribution < 1.29 is 19.1 Å². The fourth-order valence-corrected chi connectivity index (χ4v) is 2.94. The monoisotopic (exact) mass is 407 g/mol. The first-order chi connectivity index (χ1) is 14.5. The van der Waals surface area contributed by atoms with Gasteiger partial charge in [0.05, 0.1) is 12.8 Å². The third-order valence-corrected chi connectivity index (χ3v) is 4.52. The Bertz CT molecular complexity index is 1010. The molecule has 1 unspecified atom stereocenters. The van der Waals surface area contributed by atoms with Crippen LogP contribution in [0.25, 0.3) is 16.9 Å². The number of esters is 1. The molecule has 0 spiro atoms. The predicted molar refractivity (Wildman–Crippen MR) is 114 cm³/mol. The standard InChI is InChI=1S/C23H25N3O4/c1-4-14-24-22(27)16(2)30-23(28)19-15-26(17-10-6-5-7-11-17)25-21(19)18-12-8-9-13-20(18)29-3/h5-13,15-16H,4,14H2,1-3H3,(H,24,27). The molecule has 1 amide bonds. The topological polar surface area (TPSA) is 82.5 Å². The highest BCUT2D eigenvalue weighted by Crippen LogP contribution is 2.32. The second-order valence-electron chi connectivity index (χ2n) is 6.71. The van der Waals surface area contributed by atoms with E-state index >= 15 is 0 Å². The molecular formula is C23H25N3O4. The smallest absolute Gasteiger partial charge is 0.342 e. The molecule has 7 heteroatoms.